The van der Waals surface area contributed by atoms with Gasteiger partial charge < -0.3 is 16.0 Å². The number of nitrogens with one attached hydrogen (secondary N) is 1. The van der Waals surface area contributed by atoms with Crippen LogP contribution in [0.25, 0.3) is 0 Å². The Hall–Kier alpha value is -1.59. The van der Waals surface area contributed by atoms with E-state index in [9.17, 15) is 9.59 Å². The Morgan fingerprint density at radius 2 is 1.88 bits per heavy atom. The lowest BCUT2D eigenvalue weighted by Gasteiger charge is -2.18. The van der Waals surface area contributed by atoms with Crippen molar-refractivity contribution in [2.75, 3.05) is 13.1 Å². The number of nitrogens with zero attached hydrogens (tertiary/aromatic N) is 1. The maximum absolute atomic E-state index is 12.3. The first kappa shape index (κ1) is 19.7. The second-order valence-electron chi connectivity index (χ2n) is 6.99. The molecule has 2 fully saturated rings. The van der Waals surface area contributed by atoms with Crippen LogP contribution in [-0.4, -0.2) is 29.8 Å². The fourth-order valence-electron chi connectivity index (χ4n) is 3.84. The summed E-state index contributed by atoms with van der Waals surface area (Å²) in [5.41, 5.74) is 7.98. The minimum absolute atomic E-state index is 0. The van der Waals surface area contributed by atoms with Crippen molar-refractivity contribution < 1.29 is 9.59 Å². The van der Waals surface area contributed by atoms with E-state index in [2.05, 4.69) is 5.32 Å². The Labute approximate surface area is 155 Å². The zero-order valence-corrected chi connectivity index (χ0v) is 15.4. The lowest BCUT2D eigenvalue weighted by molar-refractivity contribution is -0.128. The molecule has 0 bridgehead atoms. The molecule has 3 rings (SSSR count). The van der Waals surface area contributed by atoms with Gasteiger partial charge in [0, 0.05) is 32.0 Å². The number of likely N-dealkylation sites (tertiary alicyclic amines) is 1. The van der Waals surface area contributed by atoms with Crippen molar-refractivity contribution in [3.05, 3.63) is 35.4 Å². The lowest BCUT2D eigenvalue weighted by atomic mass is 9.95. The number of carbonyl (C=O) groups excluding carboxylic acids is 2. The zero-order chi connectivity index (χ0) is 16.9. The highest BCUT2D eigenvalue weighted by molar-refractivity contribution is 5.85. The molecule has 0 unspecified atom stereocenters. The first-order chi connectivity index (χ1) is 11.7. The number of benzene rings is 1. The first-order valence-corrected chi connectivity index (χ1v) is 9.00. The maximum atomic E-state index is 12.3. The second kappa shape index (κ2) is 9.20. The Morgan fingerprint density at radius 1 is 1.16 bits per heavy atom. The average molecular weight is 366 g/mol. The van der Waals surface area contributed by atoms with Crippen molar-refractivity contribution in [2.24, 2.45) is 17.6 Å². The monoisotopic (exact) mass is 365 g/mol. The highest BCUT2D eigenvalue weighted by Gasteiger charge is 2.31. The van der Waals surface area contributed by atoms with E-state index in [4.69, 9.17) is 5.73 Å². The van der Waals surface area contributed by atoms with E-state index in [-0.39, 0.29) is 30.1 Å². The molecule has 0 aromatic heterocycles. The smallest absolute Gasteiger partial charge is 0.223 e. The second-order valence-corrected chi connectivity index (χ2v) is 6.99. The van der Waals surface area contributed by atoms with E-state index in [1.165, 1.54) is 0 Å². The summed E-state index contributed by atoms with van der Waals surface area (Å²) in [4.78, 5) is 25.9. The van der Waals surface area contributed by atoms with Gasteiger partial charge in [-0.15, -0.1) is 12.4 Å². The average Bonchev–Trinajstić information content (AvgIpc) is 3.23. The molecular weight excluding hydrogens is 338 g/mol. The molecule has 1 aliphatic carbocycles. The summed E-state index contributed by atoms with van der Waals surface area (Å²) < 4.78 is 0. The number of nitrogens with two attached hydrogens (primary N) is 1. The van der Waals surface area contributed by atoms with Crippen LogP contribution in [0.1, 0.15) is 43.2 Å². The Kier molecular flexibility index (Phi) is 7.26. The van der Waals surface area contributed by atoms with Gasteiger partial charge in [0.25, 0.3) is 0 Å². The third-order valence-electron chi connectivity index (χ3n) is 5.33. The van der Waals surface area contributed by atoms with Crippen LogP contribution < -0.4 is 11.1 Å². The summed E-state index contributed by atoms with van der Waals surface area (Å²) in [7, 11) is 0. The van der Waals surface area contributed by atoms with Crippen LogP contribution in [0, 0.1) is 11.8 Å². The number of halogens is 1. The predicted molar refractivity (Wildman–Crippen MR) is 100 cm³/mol. The summed E-state index contributed by atoms with van der Waals surface area (Å²) in [6.07, 6.45) is 4.77. The highest BCUT2D eigenvalue weighted by atomic mass is 35.5. The molecule has 3 N–H and O–H groups in total. The standard InChI is InChI=1S/C19H27N3O2.ClH/c20-11-16-3-1-4-17(16)19(24)21-12-14-6-8-15(9-7-14)13-22-10-2-5-18(22)23;/h6-9,16-17H,1-5,10-13,20H2,(H,21,24);1H/t16-,17-;/m1./s1. The molecule has 0 radical (unpaired) electrons. The van der Waals surface area contributed by atoms with Crippen LogP contribution in [0.15, 0.2) is 24.3 Å². The topological polar surface area (TPSA) is 75.4 Å². The molecule has 138 valence electrons. The van der Waals surface area contributed by atoms with Gasteiger partial charge in [-0.05, 0) is 42.9 Å². The molecule has 1 heterocycles. The molecule has 1 saturated carbocycles. The van der Waals surface area contributed by atoms with Gasteiger partial charge in [0.15, 0.2) is 0 Å². The van der Waals surface area contributed by atoms with Crippen LogP contribution in [-0.2, 0) is 22.7 Å². The number of hydrogen-bond donors (Lipinski definition) is 2. The SMILES string of the molecule is Cl.NC[C@H]1CCC[C@H]1C(=O)NCc1ccc(CN2CCCC2=O)cc1. The van der Waals surface area contributed by atoms with Crippen LogP contribution in [0.2, 0.25) is 0 Å². The molecule has 5 nitrogen and oxygen atoms in total. The van der Waals surface area contributed by atoms with E-state index >= 15 is 0 Å². The van der Waals surface area contributed by atoms with Crippen molar-refractivity contribution in [1.29, 1.82) is 0 Å². The summed E-state index contributed by atoms with van der Waals surface area (Å²) in [6, 6.07) is 8.16. The van der Waals surface area contributed by atoms with Crippen LogP contribution in [0.3, 0.4) is 0 Å². The largest absolute Gasteiger partial charge is 0.352 e. The Morgan fingerprint density at radius 3 is 2.52 bits per heavy atom. The van der Waals surface area contributed by atoms with Gasteiger partial charge in [0.05, 0.1) is 0 Å². The molecule has 6 heteroatoms. The molecular formula is C19H28ClN3O2. The quantitative estimate of drug-likeness (QED) is 0.811. The molecule has 1 saturated heterocycles. The van der Waals surface area contributed by atoms with Crippen LogP contribution in [0.5, 0.6) is 0 Å². The molecule has 1 aromatic rings. The minimum Gasteiger partial charge on any atom is -0.352 e. The normalized spacial score (nSPS) is 22.8. The summed E-state index contributed by atoms with van der Waals surface area (Å²) >= 11 is 0. The molecule has 25 heavy (non-hydrogen) atoms. The van der Waals surface area contributed by atoms with Gasteiger partial charge in [-0.25, -0.2) is 0 Å². The molecule has 2 amide bonds. The van der Waals surface area contributed by atoms with Gasteiger partial charge in [-0.3, -0.25) is 9.59 Å². The van der Waals surface area contributed by atoms with Crippen LogP contribution in [0.4, 0.5) is 0 Å². The highest BCUT2D eigenvalue weighted by Crippen LogP contribution is 2.31. The number of carbonyl (C=O) groups is 2. The number of hydrogen-bond acceptors (Lipinski definition) is 3. The fraction of sp³-hybridized carbons (Fsp3) is 0.579. The van der Waals surface area contributed by atoms with Crippen LogP contribution >= 0.6 is 12.4 Å². The number of rotatable bonds is 6. The third kappa shape index (κ3) is 4.95. The van der Waals surface area contributed by atoms with E-state index in [1.54, 1.807) is 0 Å². The van der Waals surface area contributed by atoms with Gasteiger partial charge >= 0.3 is 0 Å². The van der Waals surface area contributed by atoms with E-state index in [0.29, 0.717) is 32.0 Å². The summed E-state index contributed by atoms with van der Waals surface area (Å²) in [5.74, 6) is 0.799. The van der Waals surface area contributed by atoms with Gasteiger partial charge in [0.1, 0.15) is 0 Å². The van der Waals surface area contributed by atoms with Gasteiger partial charge in [-0.1, -0.05) is 30.7 Å². The predicted octanol–water partition coefficient (Wildman–Crippen LogP) is 2.22. The minimum atomic E-state index is 0. The van der Waals surface area contributed by atoms with Crippen molar-refractivity contribution in [2.45, 2.75) is 45.2 Å². The van der Waals surface area contributed by atoms with Crippen molar-refractivity contribution >= 4 is 24.2 Å². The Bertz CT molecular complexity index is 591. The number of amides is 2. The Balaban J connectivity index is 0.00000225. The molecule has 1 aromatic carbocycles. The molecule has 2 aliphatic rings. The van der Waals surface area contributed by atoms with E-state index in [0.717, 1.165) is 43.4 Å². The molecule has 2 atom stereocenters. The van der Waals surface area contributed by atoms with Gasteiger partial charge in [-0.2, -0.15) is 0 Å². The lowest BCUT2D eigenvalue weighted by Crippen LogP contribution is -2.34. The summed E-state index contributed by atoms with van der Waals surface area (Å²) in [5, 5.41) is 3.05. The zero-order valence-electron chi connectivity index (χ0n) is 14.6. The summed E-state index contributed by atoms with van der Waals surface area (Å²) in [6.45, 7) is 2.70. The maximum Gasteiger partial charge on any atom is 0.223 e. The van der Waals surface area contributed by atoms with Gasteiger partial charge in [0.2, 0.25) is 11.8 Å². The van der Waals surface area contributed by atoms with E-state index < -0.39 is 0 Å². The van der Waals surface area contributed by atoms with Crippen molar-refractivity contribution in [3.8, 4) is 0 Å². The molecule has 0 spiro atoms. The van der Waals surface area contributed by atoms with Crippen molar-refractivity contribution in [3.63, 3.8) is 0 Å². The van der Waals surface area contributed by atoms with E-state index in [1.807, 2.05) is 29.2 Å². The third-order valence-corrected chi connectivity index (χ3v) is 5.33. The van der Waals surface area contributed by atoms with Crippen molar-refractivity contribution in [1.82, 2.24) is 10.2 Å². The molecule has 1 aliphatic heterocycles. The fourth-order valence-corrected chi connectivity index (χ4v) is 3.84. The first-order valence-electron chi connectivity index (χ1n) is 9.00.